The molecule has 0 spiro atoms. The fourth-order valence-electron chi connectivity index (χ4n) is 3.02. The van der Waals surface area contributed by atoms with Gasteiger partial charge in [-0.1, -0.05) is 49.4 Å². The molecule has 0 aromatic heterocycles. The van der Waals surface area contributed by atoms with E-state index in [9.17, 15) is 4.79 Å². The van der Waals surface area contributed by atoms with E-state index in [4.69, 9.17) is 9.47 Å². The minimum atomic E-state index is 0.0786. The van der Waals surface area contributed by atoms with Gasteiger partial charge in [-0.05, 0) is 30.4 Å². The first-order valence-corrected chi connectivity index (χ1v) is 8.90. The molecule has 0 saturated carbocycles. The Balaban J connectivity index is 1.45. The van der Waals surface area contributed by atoms with Gasteiger partial charge in [0.25, 0.3) is 0 Å². The highest BCUT2D eigenvalue weighted by atomic mass is 16.6. The van der Waals surface area contributed by atoms with Crippen LogP contribution in [0.2, 0.25) is 0 Å². The van der Waals surface area contributed by atoms with Crippen LogP contribution in [0.4, 0.5) is 0 Å². The van der Waals surface area contributed by atoms with Gasteiger partial charge in [-0.2, -0.15) is 0 Å². The van der Waals surface area contributed by atoms with Crippen LogP contribution >= 0.6 is 0 Å². The standard InChI is InChI=1S/C21H25NO3/c1-16(10-11-17-6-3-2-4-7-17)14-20(23)22-15-18-8-5-9-19-21(18)25-13-12-24-19/h2-9,16H,10-15H2,1H3,(H,22,23). The van der Waals surface area contributed by atoms with E-state index < -0.39 is 0 Å². The molecule has 2 aromatic carbocycles. The van der Waals surface area contributed by atoms with Crippen LogP contribution in [-0.2, 0) is 17.8 Å². The van der Waals surface area contributed by atoms with Gasteiger partial charge < -0.3 is 14.8 Å². The Hall–Kier alpha value is -2.49. The minimum absolute atomic E-state index is 0.0786. The summed E-state index contributed by atoms with van der Waals surface area (Å²) in [6.07, 6.45) is 2.56. The maximum absolute atomic E-state index is 12.2. The molecular weight excluding hydrogens is 314 g/mol. The molecule has 0 bridgehead atoms. The highest BCUT2D eigenvalue weighted by Crippen LogP contribution is 2.33. The molecule has 1 unspecified atom stereocenters. The van der Waals surface area contributed by atoms with E-state index in [2.05, 4.69) is 36.5 Å². The Bertz CT molecular complexity index is 700. The molecule has 1 aliphatic rings. The molecule has 132 valence electrons. The number of carbonyl (C=O) groups excluding carboxylic acids is 1. The van der Waals surface area contributed by atoms with Crippen LogP contribution in [-0.4, -0.2) is 19.1 Å². The first kappa shape index (κ1) is 17.3. The second kappa shape index (κ2) is 8.56. The number of carbonyl (C=O) groups is 1. The Morgan fingerprint density at radius 2 is 1.88 bits per heavy atom. The fourth-order valence-corrected chi connectivity index (χ4v) is 3.02. The van der Waals surface area contributed by atoms with Crippen LogP contribution in [0.5, 0.6) is 11.5 Å². The molecule has 0 saturated heterocycles. The number of ether oxygens (including phenoxy) is 2. The van der Waals surface area contributed by atoms with E-state index in [1.54, 1.807) is 0 Å². The van der Waals surface area contributed by atoms with Gasteiger partial charge in [0, 0.05) is 18.5 Å². The van der Waals surface area contributed by atoms with Crippen molar-refractivity contribution in [3.63, 3.8) is 0 Å². The molecule has 0 radical (unpaired) electrons. The smallest absolute Gasteiger partial charge is 0.220 e. The number of aryl methyl sites for hydroxylation is 1. The molecule has 25 heavy (non-hydrogen) atoms. The molecule has 1 aliphatic heterocycles. The monoisotopic (exact) mass is 339 g/mol. The maximum atomic E-state index is 12.2. The molecule has 1 heterocycles. The van der Waals surface area contributed by atoms with Crippen LogP contribution < -0.4 is 14.8 Å². The van der Waals surface area contributed by atoms with Crippen LogP contribution in [0.1, 0.15) is 30.9 Å². The van der Waals surface area contributed by atoms with E-state index in [1.165, 1.54) is 5.56 Å². The van der Waals surface area contributed by atoms with Gasteiger partial charge in [-0.3, -0.25) is 4.79 Å². The predicted octanol–water partition coefficient (Wildman–Crippen LogP) is 3.73. The maximum Gasteiger partial charge on any atom is 0.220 e. The zero-order valence-electron chi connectivity index (χ0n) is 14.7. The van der Waals surface area contributed by atoms with Gasteiger partial charge in [0.05, 0.1) is 0 Å². The van der Waals surface area contributed by atoms with Gasteiger partial charge >= 0.3 is 0 Å². The lowest BCUT2D eigenvalue weighted by molar-refractivity contribution is -0.122. The number of nitrogens with one attached hydrogen (secondary N) is 1. The number of para-hydroxylation sites is 1. The Kier molecular flexibility index (Phi) is 5.94. The number of fused-ring (bicyclic) bond motifs is 1. The average molecular weight is 339 g/mol. The van der Waals surface area contributed by atoms with Crippen molar-refractivity contribution in [2.24, 2.45) is 5.92 Å². The van der Waals surface area contributed by atoms with Crippen LogP contribution in [0.25, 0.3) is 0 Å². The topological polar surface area (TPSA) is 47.6 Å². The normalized spacial score (nSPS) is 14.0. The summed E-state index contributed by atoms with van der Waals surface area (Å²) in [5, 5.41) is 3.00. The lowest BCUT2D eigenvalue weighted by Crippen LogP contribution is -2.25. The number of amides is 1. The van der Waals surface area contributed by atoms with Crippen molar-refractivity contribution >= 4 is 5.91 Å². The molecule has 4 nitrogen and oxygen atoms in total. The Morgan fingerprint density at radius 1 is 1.08 bits per heavy atom. The molecule has 0 fully saturated rings. The van der Waals surface area contributed by atoms with Crippen molar-refractivity contribution < 1.29 is 14.3 Å². The van der Waals surface area contributed by atoms with Crippen molar-refractivity contribution in [3.05, 3.63) is 59.7 Å². The number of rotatable bonds is 7. The quantitative estimate of drug-likeness (QED) is 0.836. The third-order valence-corrected chi connectivity index (χ3v) is 4.43. The highest BCUT2D eigenvalue weighted by molar-refractivity contribution is 5.76. The van der Waals surface area contributed by atoms with Gasteiger partial charge in [-0.15, -0.1) is 0 Å². The zero-order valence-corrected chi connectivity index (χ0v) is 14.7. The summed E-state index contributed by atoms with van der Waals surface area (Å²) < 4.78 is 11.3. The van der Waals surface area contributed by atoms with Crippen LogP contribution in [0.3, 0.4) is 0 Å². The molecule has 2 aromatic rings. The lowest BCUT2D eigenvalue weighted by atomic mass is 9.98. The van der Waals surface area contributed by atoms with E-state index in [1.807, 2.05) is 24.3 Å². The van der Waals surface area contributed by atoms with E-state index >= 15 is 0 Å². The summed E-state index contributed by atoms with van der Waals surface area (Å²) in [6, 6.07) is 16.2. The van der Waals surface area contributed by atoms with Crippen LogP contribution in [0, 0.1) is 5.92 Å². The van der Waals surface area contributed by atoms with Crippen molar-refractivity contribution in [1.82, 2.24) is 5.32 Å². The Labute approximate surface area is 149 Å². The number of hydrogen-bond acceptors (Lipinski definition) is 3. The summed E-state index contributed by atoms with van der Waals surface area (Å²) >= 11 is 0. The second-order valence-electron chi connectivity index (χ2n) is 6.55. The van der Waals surface area contributed by atoms with Crippen molar-refractivity contribution in [2.75, 3.05) is 13.2 Å². The molecule has 3 rings (SSSR count). The molecule has 1 amide bonds. The average Bonchev–Trinajstić information content (AvgIpc) is 2.65. The van der Waals surface area contributed by atoms with Gasteiger partial charge in [0.15, 0.2) is 11.5 Å². The summed E-state index contributed by atoms with van der Waals surface area (Å²) in [5.74, 6) is 1.94. The van der Waals surface area contributed by atoms with E-state index in [-0.39, 0.29) is 5.91 Å². The summed E-state index contributed by atoms with van der Waals surface area (Å²) in [6.45, 7) is 3.72. The van der Waals surface area contributed by atoms with Gasteiger partial charge in [0.2, 0.25) is 5.91 Å². The first-order chi connectivity index (χ1) is 12.2. The predicted molar refractivity (Wildman–Crippen MR) is 97.8 cm³/mol. The molecule has 4 heteroatoms. The number of hydrogen-bond donors (Lipinski definition) is 1. The van der Waals surface area contributed by atoms with Crippen molar-refractivity contribution in [1.29, 1.82) is 0 Å². The third-order valence-electron chi connectivity index (χ3n) is 4.43. The molecule has 1 atom stereocenters. The largest absolute Gasteiger partial charge is 0.486 e. The van der Waals surface area contributed by atoms with E-state index in [0.29, 0.717) is 32.1 Å². The van der Waals surface area contributed by atoms with Gasteiger partial charge in [-0.25, -0.2) is 0 Å². The summed E-state index contributed by atoms with van der Waals surface area (Å²) in [7, 11) is 0. The zero-order chi connectivity index (χ0) is 17.5. The summed E-state index contributed by atoms with van der Waals surface area (Å²) in [5.41, 5.74) is 2.28. The van der Waals surface area contributed by atoms with E-state index in [0.717, 1.165) is 29.9 Å². The van der Waals surface area contributed by atoms with Crippen molar-refractivity contribution in [3.8, 4) is 11.5 Å². The third kappa shape index (κ3) is 4.99. The Morgan fingerprint density at radius 3 is 2.72 bits per heavy atom. The highest BCUT2D eigenvalue weighted by Gasteiger charge is 2.16. The minimum Gasteiger partial charge on any atom is -0.486 e. The van der Waals surface area contributed by atoms with Crippen molar-refractivity contribution in [2.45, 2.75) is 32.7 Å². The molecule has 0 aliphatic carbocycles. The fraction of sp³-hybridized carbons (Fsp3) is 0.381. The second-order valence-corrected chi connectivity index (χ2v) is 6.55. The SMILES string of the molecule is CC(CCc1ccccc1)CC(=O)NCc1cccc2c1OCCO2. The summed E-state index contributed by atoms with van der Waals surface area (Å²) in [4.78, 5) is 12.2. The molecular formula is C21H25NO3. The molecule has 1 N–H and O–H groups in total. The first-order valence-electron chi connectivity index (χ1n) is 8.90. The number of benzene rings is 2. The van der Waals surface area contributed by atoms with Gasteiger partial charge in [0.1, 0.15) is 13.2 Å². The lowest BCUT2D eigenvalue weighted by Gasteiger charge is -2.21. The van der Waals surface area contributed by atoms with Crippen LogP contribution in [0.15, 0.2) is 48.5 Å².